The van der Waals surface area contributed by atoms with Crippen LogP contribution in [0, 0.1) is 21.4 Å². The molecule has 0 radical (unpaired) electrons. The normalized spacial score (nSPS) is 9.88. The molecule has 0 aromatic carbocycles. The average Bonchev–Trinajstić information content (AvgIpc) is 2.77. The summed E-state index contributed by atoms with van der Waals surface area (Å²) in [6, 6.07) is 3.07. The molecule has 17 heavy (non-hydrogen) atoms. The van der Waals surface area contributed by atoms with Crippen molar-refractivity contribution in [3.63, 3.8) is 0 Å². The van der Waals surface area contributed by atoms with E-state index in [4.69, 9.17) is 5.26 Å². The van der Waals surface area contributed by atoms with E-state index >= 15 is 0 Å². The number of pyridine rings is 1. The molecule has 0 atom stereocenters. The Bertz CT molecular complexity index is 631. The summed E-state index contributed by atoms with van der Waals surface area (Å²) in [5, 5.41) is 22.9. The maximum absolute atomic E-state index is 10.5. The van der Waals surface area contributed by atoms with Crippen molar-refractivity contribution >= 4 is 21.6 Å². The Morgan fingerprint density at radius 3 is 2.82 bits per heavy atom. The first-order chi connectivity index (χ1) is 8.11. The van der Waals surface area contributed by atoms with Gasteiger partial charge in [0.1, 0.15) is 18.6 Å². The van der Waals surface area contributed by atoms with Crippen molar-refractivity contribution in [2.24, 2.45) is 0 Å². The second-order valence-electron chi connectivity index (χ2n) is 2.88. The molecule has 2 rings (SSSR count). The van der Waals surface area contributed by atoms with Crippen LogP contribution in [0.3, 0.4) is 0 Å². The number of halogens is 1. The fourth-order valence-electron chi connectivity index (χ4n) is 1.11. The molecule has 0 aliphatic rings. The molecular formula is C8H3BrN6O2. The van der Waals surface area contributed by atoms with Crippen molar-refractivity contribution < 1.29 is 4.92 Å². The van der Waals surface area contributed by atoms with Crippen molar-refractivity contribution in [2.45, 2.75) is 0 Å². The Labute approximate surface area is 103 Å². The molecule has 0 N–H and O–H groups in total. The first kappa shape index (κ1) is 11.2. The van der Waals surface area contributed by atoms with Crippen LogP contribution >= 0.6 is 15.9 Å². The number of aromatic nitrogens is 4. The van der Waals surface area contributed by atoms with E-state index < -0.39 is 4.92 Å². The molecule has 0 aliphatic carbocycles. The molecule has 2 heterocycles. The van der Waals surface area contributed by atoms with Gasteiger partial charge in [0.25, 0.3) is 11.5 Å². The summed E-state index contributed by atoms with van der Waals surface area (Å²) in [6.45, 7) is 0. The zero-order valence-corrected chi connectivity index (χ0v) is 9.70. The maximum atomic E-state index is 10.5. The highest BCUT2D eigenvalue weighted by atomic mass is 79.9. The third kappa shape index (κ3) is 2.11. The molecule has 0 spiro atoms. The average molecular weight is 295 g/mol. The van der Waals surface area contributed by atoms with E-state index in [0.29, 0.717) is 10.3 Å². The van der Waals surface area contributed by atoms with Crippen molar-refractivity contribution in [3.05, 3.63) is 39.0 Å². The van der Waals surface area contributed by atoms with Gasteiger partial charge in [-0.2, -0.15) is 5.26 Å². The lowest BCUT2D eigenvalue weighted by Crippen LogP contribution is -2.01. The minimum absolute atomic E-state index is 0.00273. The van der Waals surface area contributed by atoms with Gasteiger partial charge in [-0.3, -0.25) is 10.1 Å². The lowest BCUT2D eigenvalue weighted by atomic mass is 10.4. The largest absolute Gasteiger partial charge is 0.288 e. The molecule has 84 valence electrons. The second-order valence-corrected chi connectivity index (χ2v) is 3.73. The molecule has 0 bridgehead atoms. The van der Waals surface area contributed by atoms with Crippen LogP contribution in [0.4, 0.5) is 5.69 Å². The van der Waals surface area contributed by atoms with Crippen LogP contribution in [0.1, 0.15) is 5.82 Å². The molecule has 0 fully saturated rings. The Morgan fingerprint density at radius 2 is 2.29 bits per heavy atom. The standard InChI is InChI=1S/C8H3BrN6O2/c9-6-1-5(15(16)17)3-11-8(6)14-4-12-7(2-10)13-14/h1,3-4H. The van der Waals surface area contributed by atoms with Gasteiger partial charge >= 0.3 is 0 Å². The molecule has 0 amide bonds. The van der Waals surface area contributed by atoms with Gasteiger partial charge in [0.2, 0.25) is 0 Å². The van der Waals surface area contributed by atoms with Gasteiger partial charge in [-0.25, -0.2) is 14.6 Å². The fraction of sp³-hybridized carbons (Fsp3) is 0. The topological polar surface area (TPSA) is 111 Å². The van der Waals surface area contributed by atoms with Crippen LogP contribution in [0.5, 0.6) is 0 Å². The Kier molecular flexibility index (Phi) is 2.80. The Morgan fingerprint density at radius 1 is 1.53 bits per heavy atom. The summed E-state index contributed by atoms with van der Waals surface area (Å²) in [5.41, 5.74) is -0.138. The minimum atomic E-state index is -0.552. The van der Waals surface area contributed by atoms with Crippen LogP contribution in [-0.2, 0) is 0 Å². The van der Waals surface area contributed by atoms with Gasteiger partial charge in [-0.1, -0.05) is 0 Å². The highest BCUT2D eigenvalue weighted by molar-refractivity contribution is 9.10. The molecule has 8 nitrogen and oxygen atoms in total. The van der Waals surface area contributed by atoms with E-state index in [9.17, 15) is 10.1 Å². The molecule has 0 saturated carbocycles. The number of rotatable bonds is 2. The SMILES string of the molecule is N#Cc1ncn(-c2ncc([N+](=O)[O-])cc2Br)n1. The monoisotopic (exact) mass is 294 g/mol. The van der Waals surface area contributed by atoms with Gasteiger partial charge in [0.15, 0.2) is 5.82 Å². The Balaban J connectivity index is 2.47. The van der Waals surface area contributed by atoms with Crippen LogP contribution in [-0.4, -0.2) is 24.7 Å². The number of hydrogen-bond acceptors (Lipinski definition) is 6. The highest BCUT2D eigenvalue weighted by Crippen LogP contribution is 2.22. The molecular weight excluding hydrogens is 292 g/mol. The van der Waals surface area contributed by atoms with Crippen LogP contribution in [0.15, 0.2) is 23.1 Å². The molecule has 0 unspecified atom stereocenters. The van der Waals surface area contributed by atoms with Crippen LogP contribution in [0.2, 0.25) is 0 Å². The first-order valence-corrected chi connectivity index (χ1v) is 5.03. The summed E-state index contributed by atoms with van der Waals surface area (Å²) in [7, 11) is 0. The van der Waals surface area contributed by atoms with Crippen molar-refractivity contribution in [3.8, 4) is 11.9 Å². The second kappa shape index (κ2) is 4.26. The third-order valence-electron chi connectivity index (χ3n) is 1.83. The smallest absolute Gasteiger partial charge is 0.258 e. The van der Waals surface area contributed by atoms with E-state index in [-0.39, 0.29) is 11.5 Å². The zero-order chi connectivity index (χ0) is 12.4. The lowest BCUT2D eigenvalue weighted by Gasteiger charge is -2.01. The fourth-order valence-corrected chi connectivity index (χ4v) is 1.62. The summed E-state index contributed by atoms with van der Waals surface area (Å²) < 4.78 is 1.65. The predicted molar refractivity (Wildman–Crippen MR) is 58.2 cm³/mol. The van der Waals surface area contributed by atoms with E-state index in [1.54, 1.807) is 6.07 Å². The molecule has 2 aromatic rings. The van der Waals surface area contributed by atoms with E-state index in [2.05, 4.69) is 31.0 Å². The van der Waals surface area contributed by atoms with Gasteiger partial charge in [0.05, 0.1) is 9.40 Å². The first-order valence-electron chi connectivity index (χ1n) is 4.24. The van der Waals surface area contributed by atoms with Crippen LogP contribution < -0.4 is 0 Å². The van der Waals surface area contributed by atoms with Gasteiger partial charge in [0, 0.05) is 6.07 Å². The quantitative estimate of drug-likeness (QED) is 0.608. The summed E-state index contributed by atoms with van der Waals surface area (Å²) in [6.07, 6.45) is 2.41. The molecule has 0 saturated heterocycles. The number of nitrogens with zero attached hydrogens (tertiary/aromatic N) is 6. The number of hydrogen-bond donors (Lipinski definition) is 0. The van der Waals surface area contributed by atoms with Gasteiger partial charge in [-0.15, -0.1) is 5.10 Å². The predicted octanol–water partition coefficient (Wildman–Crippen LogP) is 1.20. The van der Waals surface area contributed by atoms with E-state index in [0.717, 1.165) is 6.20 Å². The summed E-state index contributed by atoms with van der Waals surface area (Å²) in [4.78, 5) is 17.6. The zero-order valence-electron chi connectivity index (χ0n) is 8.11. The van der Waals surface area contributed by atoms with Gasteiger partial charge in [-0.05, 0) is 15.9 Å². The lowest BCUT2D eigenvalue weighted by molar-refractivity contribution is -0.385. The Hall–Kier alpha value is -2.34. The van der Waals surface area contributed by atoms with Crippen LogP contribution in [0.25, 0.3) is 5.82 Å². The molecule has 2 aromatic heterocycles. The third-order valence-corrected chi connectivity index (χ3v) is 2.41. The van der Waals surface area contributed by atoms with E-state index in [1.165, 1.54) is 17.1 Å². The van der Waals surface area contributed by atoms with Crippen molar-refractivity contribution in [2.75, 3.05) is 0 Å². The summed E-state index contributed by atoms with van der Waals surface area (Å²) >= 11 is 3.14. The van der Waals surface area contributed by atoms with Crippen molar-refractivity contribution in [1.82, 2.24) is 19.7 Å². The van der Waals surface area contributed by atoms with Gasteiger partial charge < -0.3 is 0 Å². The summed E-state index contributed by atoms with van der Waals surface area (Å²) in [5.74, 6) is 0.321. The molecule has 9 heteroatoms. The molecule has 0 aliphatic heterocycles. The van der Waals surface area contributed by atoms with E-state index in [1.807, 2.05) is 0 Å². The maximum Gasteiger partial charge on any atom is 0.288 e. The number of nitriles is 1. The number of nitro groups is 1. The highest BCUT2D eigenvalue weighted by Gasteiger charge is 2.13. The van der Waals surface area contributed by atoms with Crippen molar-refractivity contribution in [1.29, 1.82) is 5.26 Å². The minimum Gasteiger partial charge on any atom is -0.258 e.